The van der Waals surface area contributed by atoms with Gasteiger partial charge in [0.25, 0.3) is 11.8 Å². The van der Waals surface area contributed by atoms with Crippen molar-refractivity contribution < 1.29 is 9.59 Å². The Morgan fingerprint density at radius 3 is 2.43 bits per heavy atom. The van der Waals surface area contributed by atoms with Gasteiger partial charge in [-0.05, 0) is 55.3 Å². The summed E-state index contributed by atoms with van der Waals surface area (Å²) in [6.07, 6.45) is 0. The number of benzene rings is 3. The average Bonchev–Trinajstić information content (AvgIpc) is 3.03. The van der Waals surface area contributed by atoms with Crippen LogP contribution in [0.5, 0.6) is 0 Å². The number of fused-ring (bicyclic) bond motifs is 1. The van der Waals surface area contributed by atoms with Crippen LogP contribution >= 0.6 is 0 Å². The van der Waals surface area contributed by atoms with Crippen molar-refractivity contribution >= 4 is 34.3 Å². The van der Waals surface area contributed by atoms with Crippen LogP contribution in [-0.4, -0.2) is 11.8 Å². The maximum absolute atomic E-state index is 12.5. The lowest BCUT2D eigenvalue weighted by atomic mass is 9.96. The van der Waals surface area contributed by atoms with Crippen molar-refractivity contribution in [3.05, 3.63) is 95.1 Å². The van der Waals surface area contributed by atoms with Crippen molar-refractivity contribution in [2.24, 2.45) is 0 Å². The number of amides is 2. The molecular formula is C24H20N2O2. The average molecular weight is 368 g/mol. The van der Waals surface area contributed by atoms with E-state index in [1.54, 1.807) is 0 Å². The second-order valence-corrected chi connectivity index (χ2v) is 6.90. The van der Waals surface area contributed by atoms with Crippen molar-refractivity contribution in [3.8, 4) is 0 Å². The van der Waals surface area contributed by atoms with Gasteiger partial charge in [-0.3, -0.25) is 9.59 Å². The van der Waals surface area contributed by atoms with Gasteiger partial charge in [0, 0.05) is 22.5 Å². The number of hydrogen-bond donors (Lipinski definition) is 2. The zero-order valence-corrected chi connectivity index (χ0v) is 15.7. The number of rotatable bonds is 3. The Labute approximate surface area is 163 Å². The van der Waals surface area contributed by atoms with Crippen LogP contribution in [0.1, 0.15) is 34.0 Å². The maximum Gasteiger partial charge on any atom is 0.256 e. The standard InChI is InChI=1S/C24H20N2O2/c1-15-10-12-17(13-11-15)23(27)25-19-7-5-6-18(14-19)16(2)22-20-8-3-4-9-21(20)26-24(22)28/h3-14H,1-2H3,(H,25,27)(H,26,28)/b22-16-. The van der Waals surface area contributed by atoms with Gasteiger partial charge in [0.15, 0.2) is 0 Å². The van der Waals surface area contributed by atoms with Gasteiger partial charge >= 0.3 is 0 Å². The Hall–Kier alpha value is -3.66. The highest BCUT2D eigenvalue weighted by Gasteiger charge is 2.26. The van der Waals surface area contributed by atoms with Crippen LogP contribution < -0.4 is 10.6 Å². The van der Waals surface area contributed by atoms with E-state index < -0.39 is 0 Å². The number of nitrogens with one attached hydrogen (secondary N) is 2. The first kappa shape index (κ1) is 17.7. The molecule has 138 valence electrons. The van der Waals surface area contributed by atoms with Gasteiger partial charge in [-0.2, -0.15) is 0 Å². The van der Waals surface area contributed by atoms with E-state index in [0.29, 0.717) is 16.8 Å². The number of hydrogen-bond acceptors (Lipinski definition) is 2. The molecule has 1 heterocycles. The van der Waals surface area contributed by atoms with Gasteiger partial charge in [-0.1, -0.05) is 48.0 Å². The molecular weight excluding hydrogens is 348 g/mol. The largest absolute Gasteiger partial charge is 0.322 e. The minimum Gasteiger partial charge on any atom is -0.322 e. The number of allylic oxidation sites excluding steroid dienone is 1. The minimum absolute atomic E-state index is 0.104. The zero-order valence-electron chi connectivity index (χ0n) is 15.7. The fourth-order valence-corrected chi connectivity index (χ4v) is 3.37. The van der Waals surface area contributed by atoms with Crippen LogP contribution in [0, 0.1) is 6.92 Å². The van der Waals surface area contributed by atoms with E-state index in [2.05, 4.69) is 10.6 Å². The lowest BCUT2D eigenvalue weighted by Crippen LogP contribution is -2.12. The third-order valence-corrected chi connectivity index (χ3v) is 4.91. The van der Waals surface area contributed by atoms with Gasteiger partial charge in [0.1, 0.15) is 0 Å². The summed E-state index contributed by atoms with van der Waals surface area (Å²) in [5, 5.41) is 5.84. The number of para-hydroxylation sites is 1. The Balaban J connectivity index is 1.65. The molecule has 0 fully saturated rings. The first-order valence-corrected chi connectivity index (χ1v) is 9.13. The lowest BCUT2D eigenvalue weighted by Gasteiger charge is -2.10. The maximum atomic E-state index is 12.5. The van der Waals surface area contributed by atoms with Gasteiger partial charge in [-0.15, -0.1) is 0 Å². The number of carbonyl (C=O) groups is 2. The monoisotopic (exact) mass is 368 g/mol. The highest BCUT2D eigenvalue weighted by molar-refractivity contribution is 6.36. The zero-order chi connectivity index (χ0) is 19.7. The third kappa shape index (κ3) is 3.32. The highest BCUT2D eigenvalue weighted by Crippen LogP contribution is 2.36. The Bertz CT molecular complexity index is 1110. The summed E-state index contributed by atoms with van der Waals surface area (Å²) >= 11 is 0. The summed E-state index contributed by atoms with van der Waals surface area (Å²) in [7, 11) is 0. The van der Waals surface area contributed by atoms with Crippen LogP contribution in [0.3, 0.4) is 0 Å². The molecule has 0 radical (unpaired) electrons. The molecule has 28 heavy (non-hydrogen) atoms. The van der Waals surface area contributed by atoms with E-state index in [4.69, 9.17) is 0 Å². The minimum atomic E-state index is -0.161. The molecule has 3 aromatic rings. The van der Waals surface area contributed by atoms with Gasteiger partial charge in [0.2, 0.25) is 0 Å². The normalized spacial score (nSPS) is 14.3. The van der Waals surface area contributed by atoms with Crippen LogP contribution in [0.15, 0.2) is 72.8 Å². The summed E-state index contributed by atoms with van der Waals surface area (Å²) in [6.45, 7) is 3.91. The molecule has 4 heteroatoms. The van der Waals surface area contributed by atoms with E-state index in [-0.39, 0.29) is 11.8 Å². The molecule has 0 saturated heterocycles. The van der Waals surface area contributed by atoms with E-state index in [1.165, 1.54) is 0 Å². The van der Waals surface area contributed by atoms with E-state index in [0.717, 1.165) is 28.0 Å². The predicted molar refractivity (Wildman–Crippen MR) is 113 cm³/mol. The molecule has 0 unspecified atom stereocenters. The molecule has 0 bridgehead atoms. The molecule has 4 nitrogen and oxygen atoms in total. The molecule has 0 aliphatic carbocycles. The van der Waals surface area contributed by atoms with Gasteiger partial charge in [-0.25, -0.2) is 0 Å². The van der Waals surface area contributed by atoms with Crippen LogP contribution in [0.25, 0.3) is 11.1 Å². The second kappa shape index (κ2) is 7.16. The summed E-state index contributed by atoms with van der Waals surface area (Å²) in [5.74, 6) is -0.265. The van der Waals surface area contributed by atoms with Crippen LogP contribution in [-0.2, 0) is 4.79 Å². The molecule has 1 aliphatic rings. The first-order chi connectivity index (χ1) is 13.5. The van der Waals surface area contributed by atoms with Crippen molar-refractivity contribution in [2.45, 2.75) is 13.8 Å². The van der Waals surface area contributed by atoms with E-state index in [1.807, 2.05) is 86.6 Å². The number of carbonyl (C=O) groups excluding carboxylic acids is 2. The lowest BCUT2D eigenvalue weighted by molar-refractivity contribution is -0.110. The van der Waals surface area contributed by atoms with Crippen molar-refractivity contribution in [1.29, 1.82) is 0 Å². The van der Waals surface area contributed by atoms with E-state index in [9.17, 15) is 9.59 Å². The van der Waals surface area contributed by atoms with Gasteiger partial charge in [0.05, 0.1) is 5.57 Å². The molecule has 0 aromatic heterocycles. The second-order valence-electron chi connectivity index (χ2n) is 6.90. The van der Waals surface area contributed by atoms with Gasteiger partial charge < -0.3 is 10.6 Å². The van der Waals surface area contributed by atoms with Crippen LogP contribution in [0.2, 0.25) is 0 Å². The molecule has 0 atom stereocenters. The Morgan fingerprint density at radius 1 is 0.893 bits per heavy atom. The fourth-order valence-electron chi connectivity index (χ4n) is 3.37. The fraction of sp³-hybridized carbons (Fsp3) is 0.0833. The first-order valence-electron chi connectivity index (χ1n) is 9.13. The molecule has 3 aromatic carbocycles. The molecule has 0 saturated carbocycles. The SMILES string of the molecule is C/C(=C1/C(=O)Nc2ccccc21)c1cccc(NC(=O)c2ccc(C)cc2)c1. The third-order valence-electron chi connectivity index (χ3n) is 4.91. The molecule has 0 spiro atoms. The molecule has 2 N–H and O–H groups in total. The Kier molecular flexibility index (Phi) is 4.53. The number of aryl methyl sites for hydroxylation is 1. The molecule has 4 rings (SSSR count). The molecule has 1 aliphatic heterocycles. The quantitative estimate of drug-likeness (QED) is 0.630. The smallest absolute Gasteiger partial charge is 0.256 e. The molecule has 2 amide bonds. The van der Waals surface area contributed by atoms with Crippen LogP contribution in [0.4, 0.5) is 11.4 Å². The van der Waals surface area contributed by atoms with Crippen molar-refractivity contribution in [3.63, 3.8) is 0 Å². The summed E-state index contributed by atoms with van der Waals surface area (Å²) in [6, 6.07) is 22.7. The van der Waals surface area contributed by atoms with E-state index >= 15 is 0 Å². The van der Waals surface area contributed by atoms with Crippen molar-refractivity contribution in [1.82, 2.24) is 0 Å². The number of anilines is 2. The predicted octanol–water partition coefficient (Wildman–Crippen LogP) is 5.13. The Morgan fingerprint density at radius 2 is 1.64 bits per heavy atom. The summed E-state index contributed by atoms with van der Waals surface area (Å²) in [4.78, 5) is 25.0. The summed E-state index contributed by atoms with van der Waals surface area (Å²) < 4.78 is 0. The highest BCUT2D eigenvalue weighted by atomic mass is 16.2. The topological polar surface area (TPSA) is 58.2 Å². The van der Waals surface area contributed by atoms with Crippen molar-refractivity contribution in [2.75, 3.05) is 10.6 Å². The summed E-state index contributed by atoms with van der Waals surface area (Å²) in [5.41, 5.74) is 6.56.